The molecular formula is C13H11N2+. The van der Waals surface area contributed by atoms with Crippen molar-refractivity contribution in [2.75, 3.05) is 0 Å². The molecule has 0 aromatic heterocycles. The molecule has 0 saturated heterocycles. The molecule has 0 radical (unpaired) electrons. The van der Waals surface area contributed by atoms with E-state index in [0.29, 0.717) is 0 Å². The maximum Gasteiger partial charge on any atom is 0.338 e. The molecule has 2 nitrogen and oxygen atoms in total. The molecule has 0 aliphatic carbocycles. The standard InChI is InChI=1S/C13H11N2/c1-3-7-12(8-4-1)11-14-15-13-9-5-2-6-10-13/h1-11H/q+1. The second kappa shape index (κ2) is 4.89. The third-order valence-corrected chi connectivity index (χ3v) is 1.94. The van der Waals surface area contributed by atoms with E-state index >= 15 is 0 Å². The SMILES string of the molecule is C(=[N+]=Nc1ccccc1)c1ccccc1. The predicted molar refractivity (Wildman–Crippen MR) is 60.4 cm³/mol. The summed E-state index contributed by atoms with van der Waals surface area (Å²) in [5.74, 6) is 0. The number of nitrogens with zero attached hydrogens (tertiary/aromatic N) is 2. The van der Waals surface area contributed by atoms with Crippen LogP contribution in [0.5, 0.6) is 0 Å². The first kappa shape index (κ1) is 9.38. The minimum absolute atomic E-state index is 0.865. The summed E-state index contributed by atoms with van der Waals surface area (Å²) in [7, 11) is 0. The van der Waals surface area contributed by atoms with Crippen LogP contribution < -0.4 is 0 Å². The van der Waals surface area contributed by atoms with Crippen LogP contribution in [0.2, 0.25) is 0 Å². The lowest BCUT2D eigenvalue weighted by atomic mass is 10.2. The van der Waals surface area contributed by atoms with Gasteiger partial charge >= 0.3 is 6.21 Å². The summed E-state index contributed by atoms with van der Waals surface area (Å²) in [5.41, 5.74) is 1.92. The van der Waals surface area contributed by atoms with Gasteiger partial charge < -0.3 is 0 Å². The predicted octanol–water partition coefficient (Wildman–Crippen LogP) is 3.10. The van der Waals surface area contributed by atoms with Crippen LogP contribution in [0.1, 0.15) is 5.56 Å². The van der Waals surface area contributed by atoms with Gasteiger partial charge in [-0.2, -0.15) is 0 Å². The fourth-order valence-corrected chi connectivity index (χ4v) is 1.20. The minimum atomic E-state index is 0.865. The molecule has 0 saturated carbocycles. The highest BCUT2D eigenvalue weighted by atomic mass is 15.0. The van der Waals surface area contributed by atoms with Gasteiger partial charge in [-0.25, -0.2) is 0 Å². The van der Waals surface area contributed by atoms with Crippen LogP contribution in [-0.2, 0) is 0 Å². The Labute approximate surface area is 88.6 Å². The third kappa shape index (κ3) is 2.90. The van der Waals surface area contributed by atoms with Gasteiger partial charge in [0.15, 0.2) is 0 Å². The van der Waals surface area contributed by atoms with E-state index in [0.717, 1.165) is 11.3 Å². The summed E-state index contributed by atoms with van der Waals surface area (Å²) in [6.45, 7) is 0. The molecule has 2 heteroatoms. The van der Waals surface area contributed by atoms with Crippen molar-refractivity contribution >= 4 is 11.9 Å². The average molecular weight is 195 g/mol. The van der Waals surface area contributed by atoms with E-state index in [4.69, 9.17) is 0 Å². The zero-order valence-electron chi connectivity index (χ0n) is 8.25. The number of benzene rings is 2. The summed E-state index contributed by atoms with van der Waals surface area (Å²) in [4.78, 5) is 4.01. The van der Waals surface area contributed by atoms with Crippen molar-refractivity contribution in [1.29, 1.82) is 0 Å². The molecule has 2 aromatic carbocycles. The van der Waals surface area contributed by atoms with Crippen LogP contribution in [0.25, 0.3) is 0 Å². The van der Waals surface area contributed by atoms with Crippen molar-refractivity contribution in [2.45, 2.75) is 0 Å². The van der Waals surface area contributed by atoms with Gasteiger partial charge in [0.05, 0.1) is 10.4 Å². The Kier molecular flexibility index (Phi) is 3.06. The normalized spacial score (nSPS) is 9.07. The fourth-order valence-electron chi connectivity index (χ4n) is 1.20. The zero-order valence-corrected chi connectivity index (χ0v) is 8.25. The zero-order chi connectivity index (χ0) is 10.3. The van der Waals surface area contributed by atoms with E-state index in [1.165, 1.54) is 0 Å². The Morgan fingerprint density at radius 1 is 0.800 bits per heavy atom. The van der Waals surface area contributed by atoms with Crippen LogP contribution in [0.4, 0.5) is 5.69 Å². The molecule has 15 heavy (non-hydrogen) atoms. The van der Waals surface area contributed by atoms with Crippen molar-refractivity contribution in [3.63, 3.8) is 0 Å². The van der Waals surface area contributed by atoms with Crippen LogP contribution in [0, 0.1) is 0 Å². The molecule has 0 amide bonds. The van der Waals surface area contributed by atoms with Crippen molar-refractivity contribution in [1.82, 2.24) is 0 Å². The Morgan fingerprint density at radius 3 is 2.07 bits per heavy atom. The molecule has 0 aliphatic heterocycles. The second-order valence-corrected chi connectivity index (χ2v) is 3.09. The maximum absolute atomic E-state index is 4.07. The highest BCUT2D eigenvalue weighted by Gasteiger charge is 1.92. The van der Waals surface area contributed by atoms with Gasteiger partial charge in [0.1, 0.15) is 10.8 Å². The van der Waals surface area contributed by atoms with Crippen LogP contribution in [-0.4, -0.2) is 11.0 Å². The fraction of sp³-hybridized carbons (Fsp3) is 0. The van der Waals surface area contributed by atoms with E-state index < -0.39 is 0 Å². The molecule has 0 fully saturated rings. The number of hydrogen-bond acceptors (Lipinski definition) is 1. The van der Waals surface area contributed by atoms with Crippen molar-refractivity contribution in [2.24, 2.45) is 5.11 Å². The Bertz CT molecular complexity index is 425. The molecule has 0 heterocycles. The largest absolute Gasteiger partial charge is 0.338 e. The Morgan fingerprint density at radius 2 is 1.40 bits per heavy atom. The third-order valence-electron chi connectivity index (χ3n) is 1.94. The maximum atomic E-state index is 4.07. The lowest BCUT2D eigenvalue weighted by molar-refractivity contribution is -0.0688. The molecule has 2 rings (SSSR count). The highest BCUT2D eigenvalue weighted by Crippen LogP contribution is 2.07. The molecule has 0 bridgehead atoms. The van der Waals surface area contributed by atoms with Gasteiger partial charge in [0.2, 0.25) is 0 Å². The quantitative estimate of drug-likeness (QED) is 0.400. The summed E-state index contributed by atoms with van der Waals surface area (Å²) < 4.78 is 0. The monoisotopic (exact) mass is 195 g/mol. The Balaban J connectivity index is 2.16. The second-order valence-electron chi connectivity index (χ2n) is 3.09. The Hall–Kier alpha value is -2.18. The summed E-state index contributed by atoms with van der Waals surface area (Å²) in [5, 5.41) is 4.07. The van der Waals surface area contributed by atoms with E-state index in [9.17, 15) is 0 Å². The minimum Gasteiger partial charge on any atom is -0.0622 e. The van der Waals surface area contributed by atoms with Crippen LogP contribution >= 0.6 is 0 Å². The summed E-state index contributed by atoms with van der Waals surface area (Å²) in [6, 6.07) is 19.6. The molecule has 0 aliphatic rings. The highest BCUT2D eigenvalue weighted by molar-refractivity contribution is 5.74. The van der Waals surface area contributed by atoms with Crippen molar-refractivity contribution < 1.29 is 4.79 Å². The number of hydrogen-bond donors (Lipinski definition) is 0. The molecule has 72 valence electrons. The molecule has 2 aromatic rings. The molecule has 0 unspecified atom stereocenters. The molecule has 0 atom stereocenters. The molecule has 0 N–H and O–H groups in total. The van der Waals surface area contributed by atoms with Gasteiger partial charge in [0, 0.05) is 0 Å². The van der Waals surface area contributed by atoms with Gasteiger partial charge in [-0.3, -0.25) is 0 Å². The lowest BCUT2D eigenvalue weighted by Crippen LogP contribution is -1.78. The first-order valence-electron chi connectivity index (χ1n) is 4.79. The molecule has 0 spiro atoms. The van der Waals surface area contributed by atoms with E-state index in [-0.39, 0.29) is 0 Å². The van der Waals surface area contributed by atoms with Crippen molar-refractivity contribution in [3.05, 3.63) is 66.2 Å². The average Bonchev–Trinajstić information content (AvgIpc) is 2.32. The van der Waals surface area contributed by atoms with Gasteiger partial charge in [-0.05, 0) is 24.3 Å². The first-order chi connectivity index (χ1) is 7.45. The van der Waals surface area contributed by atoms with Crippen molar-refractivity contribution in [3.8, 4) is 0 Å². The number of rotatable bonds is 2. The summed E-state index contributed by atoms with van der Waals surface area (Å²) in [6.07, 6.45) is 1.74. The first-order valence-corrected chi connectivity index (χ1v) is 4.79. The van der Waals surface area contributed by atoms with Crippen LogP contribution in [0.3, 0.4) is 0 Å². The molecular weight excluding hydrogens is 184 g/mol. The lowest BCUT2D eigenvalue weighted by Gasteiger charge is -1.80. The van der Waals surface area contributed by atoms with E-state index in [2.05, 4.69) is 9.90 Å². The van der Waals surface area contributed by atoms with E-state index in [1.54, 1.807) is 6.21 Å². The topological polar surface area (TPSA) is 26.5 Å². The smallest absolute Gasteiger partial charge is 0.0622 e. The van der Waals surface area contributed by atoms with Crippen LogP contribution in [0.15, 0.2) is 65.8 Å². The summed E-state index contributed by atoms with van der Waals surface area (Å²) >= 11 is 0. The van der Waals surface area contributed by atoms with Gasteiger partial charge in [-0.1, -0.05) is 36.4 Å². The van der Waals surface area contributed by atoms with Gasteiger partial charge in [0.25, 0.3) is 0 Å². The van der Waals surface area contributed by atoms with E-state index in [1.807, 2.05) is 60.7 Å². The van der Waals surface area contributed by atoms with Gasteiger partial charge in [-0.15, -0.1) is 0 Å².